The minimum absolute atomic E-state index is 0.295. The van der Waals surface area contributed by atoms with Gasteiger partial charge in [0.25, 0.3) is 0 Å². The van der Waals surface area contributed by atoms with Crippen molar-refractivity contribution in [3.8, 4) is 0 Å². The van der Waals surface area contributed by atoms with Crippen molar-refractivity contribution >= 4 is 11.5 Å². The van der Waals surface area contributed by atoms with Crippen molar-refractivity contribution in [2.45, 2.75) is 19.0 Å². The van der Waals surface area contributed by atoms with Crippen molar-refractivity contribution in [3.63, 3.8) is 0 Å². The third-order valence-electron chi connectivity index (χ3n) is 2.70. The number of carbonyl (C=O) groups is 1. The van der Waals surface area contributed by atoms with Gasteiger partial charge in [-0.3, -0.25) is 4.79 Å². The Balaban J connectivity index is 2.33. The first-order valence-corrected chi connectivity index (χ1v) is 5.91. The number of rotatable bonds is 4. The molecule has 0 atom stereocenters. The van der Waals surface area contributed by atoms with Crippen molar-refractivity contribution in [1.82, 2.24) is 0 Å². The summed E-state index contributed by atoms with van der Waals surface area (Å²) in [7, 11) is 0. The van der Waals surface area contributed by atoms with E-state index < -0.39 is 29.3 Å². The van der Waals surface area contributed by atoms with Gasteiger partial charge in [-0.2, -0.15) is 18.3 Å². The fourth-order valence-electron chi connectivity index (χ4n) is 1.49. The highest BCUT2D eigenvalue weighted by Gasteiger charge is 2.42. The third kappa shape index (κ3) is 3.43. The number of ketones is 1. The summed E-state index contributed by atoms with van der Waals surface area (Å²) in [6.45, 7) is 0. The molecule has 1 aliphatic carbocycles. The molecule has 0 unspecified atom stereocenters. The maximum atomic E-state index is 12.5. The maximum Gasteiger partial charge on any atom is 0.451 e. The molecular formula is C13H11F3N2O2. The quantitative estimate of drug-likeness (QED) is 0.514. The molecule has 1 aromatic rings. The van der Waals surface area contributed by atoms with Crippen LogP contribution < -0.4 is 0 Å². The number of halogens is 3. The minimum atomic E-state index is -5.02. The van der Waals surface area contributed by atoms with Crippen LogP contribution in [0, 0.1) is 5.92 Å². The molecule has 1 aliphatic rings. The van der Waals surface area contributed by atoms with Crippen molar-refractivity contribution < 1.29 is 23.1 Å². The average Bonchev–Trinajstić information content (AvgIpc) is 3.23. The molecule has 0 saturated heterocycles. The predicted octanol–water partition coefficient (Wildman–Crippen LogP) is 4.08. The van der Waals surface area contributed by atoms with Crippen LogP contribution in [0.15, 0.2) is 52.0 Å². The van der Waals surface area contributed by atoms with Gasteiger partial charge in [0.15, 0.2) is 11.5 Å². The first-order valence-electron chi connectivity index (χ1n) is 5.91. The van der Waals surface area contributed by atoms with Gasteiger partial charge < -0.3 is 5.11 Å². The summed E-state index contributed by atoms with van der Waals surface area (Å²) in [5.41, 5.74) is -0.729. The zero-order valence-corrected chi connectivity index (χ0v) is 10.3. The lowest BCUT2D eigenvalue weighted by Crippen LogP contribution is -2.18. The Morgan fingerprint density at radius 1 is 1.20 bits per heavy atom. The highest BCUT2D eigenvalue weighted by molar-refractivity contribution is 5.98. The van der Waals surface area contributed by atoms with Gasteiger partial charge in [0.05, 0.1) is 5.69 Å². The standard InChI is InChI=1S/C13H11F3N2O2/c14-13(15,16)12(20)10(11(19)8-6-7-8)18-17-9-4-2-1-3-5-9/h1-5,8,20H,6-7H2/b12-10+,18-17?. The summed E-state index contributed by atoms with van der Waals surface area (Å²) in [5, 5.41) is 16.0. The van der Waals surface area contributed by atoms with Gasteiger partial charge in [-0.05, 0) is 25.0 Å². The number of carbonyl (C=O) groups excluding carboxylic acids is 1. The van der Waals surface area contributed by atoms with Crippen LogP contribution in [0.1, 0.15) is 12.8 Å². The molecule has 1 saturated carbocycles. The van der Waals surface area contributed by atoms with E-state index in [0.717, 1.165) is 0 Å². The van der Waals surface area contributed by atoms with Crippen LogP contribution in [0.3, 0.4) is 0 Å². The molecule has 1 aromatic carbocycles. The number of nitrogens with zero attached hydrogens (tertiary/aromatic N) is 2. The maximum absolute atomic E-state index is 12.5. The van der Waals surface area contributed by atoms with Crippen LogP contribution >= 0.6 is 0 Å². The molecule has 0 aromatic heterocycles. The lowest BCUT2D eigenvalue weighted by Gasteiger charge is -2.07. The number of alkyl halides is 3. The Bertz CT molecular complexity index is 561. The van der Waals surface area contributed by atoms with Crippen LogP contribution in [-0.4, -0.2) is 17.1 Å². The summed E-state index contributed by atoms with van der Waals surface area (Å²) in [5.74, 6) is -3.31. The Kier molecular flexibility index (Phi) is 3.87. The second-order valence-electron chi connectivity index (χ2n) is 4.37. The summed E-state index contributed by atoms with van der Waals surface area (Å²) < 4.78 is 37.5. The molecule has 4 nitrogen and oxygen atoms in total. The van der Waals surface area contributed by atoms with E-state index in [0.29, 0.717) is 18.5 Å². The number of aliphatic hydroxyl groups excluding tert-OH is 1. The topological polar surface area (TPSA) is 62.0 Å². The van der Waals surface area contributed by atoms with E-state index in [1.54, 1.807) is 18.2 Å². The van der Waals surface area contributed by atoms with Crippen molar-refractivity contribution in [1.29, 1.82) is 0 Å². The number of aliphatic hydroxyl groups is 1. The Labute approximate surface area is 112 Å². The fourth-order valence-corrected chi connectivity index (χ4v) is 1.49. The van der Waals surface area contributed by atoms with Crippen molar-refractivity contribution in [2.24, 2.45) is 16.1 Å². The zero-order chi connectivity index (χ0) is 14.8. The van der Waals surface area contributed by atoms with Crippen molar-refractivity contribution in [2.75, 3.05) is 0 Å². The fraction of sp³-hybridized carbons (Fsp3) is 0.308. The first kappa shape index (κ1) is 14.2. The Morgan fingerprint density at radius 3 is 2.30 bits per heavy atom. The summed E-state index contributed by atoms with van der Waals surface area (Å²) in [6, 6.07) is 8.01. The smallest absolute Gasteiger partial charge is 0.451 e. The zero-order valence-electron chi connectivity index (χ0n) is 10.3. The van der Waals surface area contributed by atoms with Gasteiger partial charge in [0.2, 0.25) is 5.76 Å². The van der Waals surface area contributed by atoms with Gasteiger partial charge >= 0.3 is 6.18 Å². The highest BCUT2D eigenvalue weighted by atomic mass is 19.4. The largest absolute Gasteiger partial charge is 0.503 e. The van der Waals surface area contributed by atoms with E-state index in [1.165, 1.54) is 12.1 Å². The summed E-state index contributed by atoms with van der Waals surface area (Å²) in [4.78, 5) is 11.7. The van der Waals surface area contributed by atoms with E-state index >= 15 is 0 Å². The number of azo groups is 1. The van der Waals surface area contributed by atoms with Crippen molar-refractivity contribution in [3.05, 3.63) is 41.8 Å². The second-order valence-corrected chi connectivity index (χ2v) is 4.37. The molecule has 7 heteroatoms. The lowest BCUT2D eigenvalue weighted by atomic mass is 10.2. The number of hydrogen-bond acceptors (Lipinski definition) is 4. The Morgan fingerprint density at radius 2 is 1.80 bits per heavy atom. The van der Waals surface area contributed by atoms with Gasteiger partial charge in [0.1, 0.15) is 0 Å². The highest BCUT2D eigenvalue weighted by Crippen LogP contribution is 2.36. The molecule has 0 bridgehead atoms. The van der Waals surface area contributed by atoms with Crippen LogP contribution in [-0.2, 0) is 4.79 Å². The molecule has 0 spiro atoms. The average molecular weight is 284 g/mol. The Hall–Kier alpha value is -2.18. The summed E-state index contributed by atoms with van der Waals surface area (Å²) in [6.07, 6.45) is -4.00. The SMILES string of the molecule is O=C(/C(N=Nc1ccccc1)=C(\O)C(F)(F)F)C1CC1. The molecule has 1 N–H and O–H groups in total. The normalized spacial score (nSPS) is 17.1. The molecule has 2 rings (SSSR count). The second kappa shape index (κ2) is 5.44. The van der Waals surface area contributed by atoms with Gasteiger partial charge in [-0.15, -0.1) is 5.11 Å². The van der Waals surface area contributed by atoms with Crippen LogP contribution in [0.5, 0.6) is 0 Å². The first-order chi connectivity index (χ1) is 9.39. The lowest BCUT2D eigenvalue weighted by molar-refractivity contribution is -0.128. The molecule has 0 radical (unpaired) electrons. The van der Waals surface area contributed by atoms with Gasteiger partial charge in [0, 0.05) is 5.92 Å². The van der Waals surface area contributed by atoms with Crippen LogP contribution in [0.4, 0.5) is 18.9 Å². The number of Topliss-reactive ketones (excluding diaryl/α,β-unsaturated/α-hetero) is 1. The predicted molar refractivity (Wildman–Crippen MR) is 64.4 cm³/mol. The van der Waals surface area contributed by atoms with E-state index in [4.69, 9.17) is 5.11 Å². The van der Waals surface area contributed by atoms with Gasteiger partial charge in [-0.1, -0.05) is 18.2 Å². The van der Waals surface area contributed by atoms with Crippen LogP contribution in [0.2, 0.25) is 0 Å². The number of allylic oxidation sites excluding steroid dienone is 2. The molecule has 20 heavy (non-hydrogen) atoms. The number of hydrogen-bond donors (Lipinski definition) is 1. The molecule has 1 fully saturated rings. The van der Waals surface area contributed by atoms with E-state index in [2.05, 4.69) is 10.2 Å². The molecule has 106 valence electrons. The van der Waals surface area contributed by atoms with Crippen LogP contribution in [0.25, 0.3) is 0 Å². The monoisotopic (exact) mass is 284 g/mol. The number of benzene rings is 1. The minimum Gasteiger partial charge on any atom is -0.503 e. The van der Waals surface area contributed by atoms with E-state index in [-0.39, 0.29) is 0 Å². The summed E-state index contributed by atoms with van der Waals surface area (Å²) >= 11 is 0. The molecule has 0 heterocycles. The molecule has 0 aliphatic heterocycles. The van der Waals surface area contributed by atoms with E-state index in [1.807, 2.05) is 0 Å². The molecular weight excluding hydrogens is 273 g/mol. The van der Waals surface area contributed by atoms with Gasteiger partial charge in [-0.25, -0.2) is 0 Å². The molecule has 0 amide bonds. The third-order valence-corrected chi connectivity index (χ3v) is 2.70. The van der Waals surface area contributed by atoms with E-state index in [9.17, 15) is 18.0 Å².